The molecule has 5 nitrogen and oxygen atoms in total. The molecule has 1 atom stereocenters. The highest BCUT2D eigenvalue weighted by molar-refractivity contribution is 5.89. The molecule has 2 amide bonds. The second-order valence-electron chi connectivity index (χ2n) is 6.41. The van der Waals surface area contributed by atoms with Gasteiger partial charge >= 0.3 is 0 Å². The molecule has 3 rings (SSSR count). The Morgan fingerprint density at radius 1 is 1.24 bits per heavy atom. The molecule has 0 radical (unpaired) electrons. The number of carbonyl (C=O) groups is 2. The van der Waals surface area contributed by atoms with Crippen LogP contribution in [0.1, 0.15) is 24.7 Å². The summed E-state index contributed by atoms with van der Waals surface area (Å²) in [5, 5.41) is 0. The molecule has 1 aliphatic rings. The normalized spacial score (nSPS) is 17.1. The van der Waals surface area contributed by atoms with Gasteiger partial charge in [-0.3, -0.25) is 9.59 Å². The molecule has 1 saturated heterocycles. The molecule has 1 fully saturated rings. The standard InChI is InChI=1S/C20H24N2O3/c1-2-21(11-10-16-7-4-3-5-8-16)20(24)17-13-19(23)22(14-17)15-18-9-6-12-25-18/h3-9,12,17H,2,10-11,13-15H2,1H3. The first-order valence-corrected chi connectivity index (χ1v) is 8.80. The summed E-state index contributed by atoms with van der Waals surface area (Å²) in [5.41, 5.74) is 1.22. The second kappa shape index (κ2) is 8.01. The third-order valence-electron chi connectivity index (χ3n) is 4.70. The van der Waals surface area contributed by atoms with Crippen molar-refractivity contribution in [2.24, 2.45) is 5.92 Å². The molecule has 0 saturated carbocycles. The number of furan rings is 1. The molecule has 5 heteroatoms. The summed E-state index contributed by atoms with van der Waals surface area (Å²) in [5.74, 6) is 0.596. The van der Waals surface area contributed by atoms with Crippen molar-refractivity contribution in [1.82, 2.24) is 9.80 Å². The summed E-state index contributed by atoms with van der Waals surface area (Å²) in [6, 6.07) is 13.8. The maximum Gasteiger partial charge on any atom is 0.227 e. The Labute approximate surface area is 148 Å². The number of likely N-dealkylation sites (tertiary alicyclic amines) is 1. The Morgan fingerprint density at radius 3 is 2.72 bits per heavy atom. The van der Waals surface area contributed by atoms with Crippen molar-refractivity contribution in [2.45, 2.75) is 26.3 Å². The van der Waals surface area contributed by atoms with E-state index in [9.17, 15) is 9.59 Å². The van der Waals surface area contributed by atoms with E-state index < -0.39 is 0 Å². The number of hydrogen-bond donors (Lipinski definition) is 0. The van der Waals surface area contributed by atoms with Gasteiger partial charge < -0.3 is 14.2 Å². The van der Waals surface area contributed by atoms with Crippen molar-refractivity contribution in [3.63, 3.8) is 0 Å². The number of likely N-dealkylation sites (N-methyl/N-ethyl adjacent to an activating group) is 1. The molecule has 0 spiro atoms. The molecule has 0 N–H and O–H groups in total. The number of amides is 2. The van der Waals surface area contributed by atoms with Crippen LogP contribution in [0, 0.1) is 5.92 Å². The van der Waals surface area contributed by atoms with Crippen molar-refractivity contribution < 1.29 is 14.0 Å². The van der Waals surface area contributed by atoms with E-state index in [4.69, 9.17) is 4.42 Å². The fraction of sp³-hybridized carbons (Fsp3) is 0.400. The van der Waals surface area contributed by atoms with Gasteiger partial charge in [-0.05, 0) is 31.0 Å². The quantitative estimate of drug-likeness (QED) is 0.779. The number of carbonyl (C=O) groups excluding carboxylic acids is 2. The van der Waals surface area contributed by atoms with Crippen molar-refractivity contribution in [2.75, 3.05) is 19.6 Å². The van der Waals surface area contributed by atoms with Gasteiger partial charge in [0.15, 0.2) is 0 Å². The van der Waals surface area contributed by atoms with E-state index in [1.165, 1.54) is 5.56 Å². The van der Waals surface area contributed by atoms with Gasteiger partial charge in [0, 0.05) is 26.1 Å². The zero-order valence-corrected chi connectivity index (χ0v) is 14.6. The lowest BCUT2D eigenvalue weighted by molar-refractivity contribution is -0.135. The minimum absolute atomic E-state index is 0.0221. The first-order valence-electron chi connectivity index (χ1n) is 8.80. The molecule has 2 heterocycles. The highest BCUT2D eigenvalue weighted by atomic mass is 16.3. The average molecular weight is 340 g/mol. The Balaban J connectivity index is 1.56. The fourth-order valence-corrected chi connectivity index (χ4v) is 3.27. The molecule has 0 aliphatic carbocycles. The first kappa shape index (κ1) is 17.3. The van der Waals surface area contributed by atoms with Crippen LogP contribution in [-0.4, -0.2) is 41.2 Å². The van der Waals surface area contributed by atoms with E-state index in [0.29, 0.717) is 32.6 Å². The summed E-state index contributed by atoms with van der Waals surface area (Å²) in [4.78, 5) is 28.6. The Hall–Kier alpha value is -2.56. The van der Waals surface area contributed by atoms with E-state index in [1.54, 1.807) is 17.2 Å². The van der Waals surface area contributed by atoms with Crippen molar-refractivity contribution >= 4 is 11.8 Å². The fourth-order valence-electron chi connectivity index (χ4n) is 3.27. The van der Waals surface area contributed by atoms with Gasteiger partial charge in [-0.25, -0.2) is 0 Å². The minimum atomic E-state index is -0.252. The molecule has 132 valence electrons. The predicted molar refractivity (Wildman–Crippen MR) is 94.6 cm³/mol. The Kier molecular flexibility index (Phi) is 5.53. The van der Waals surface area contributed by atoms with Crippen LogP contribution in [0.3, 0.4) is 0 Å². The lowest BCUT2D eigenvalue weighted by Crippen LogP contribution is -2.38. The number of hydrogen-bond acceptors (Lipinski definition) is 3. The van der Waals surface area contributed by atoms with Crippen LogP contribution < -0.4 is 0 Å². The SMILES string of the molecule is CCN(CCc1ccccc1)C(=O)C1CC(=O)N(Cc2ccco2)C1. The molecular weight excluding hydrogens is 316 g/mol. The van der Waals surface area contributed by atoms with Crippen LogP contribution >= 0.6 is 0 Å². The zero-order chi connectivity index (χ0) is 17.6. The molecule has 0 bridgehead atoms. The van der Waals surface area contributed by atoms with Crippen molar-refractivity contribution in [1.29, 1.82) is 0 Å². The number of benzene rings is 1. The number of rotatable bonds is 7. The highest BCUT2D eigenvalue weighted by Crippen LogP contribution is 2.22. The van der Waals surface area contributed by atoms with E-state index >= 15 is 0 Å². The van der Waals surface area contributed by atoms with E-state index in [2.05, 4.69) is 12.1 Å². The van der Waals surface area contributed by atoms with Crippen LogP contribution in [0.4, 0.5) is 0 Å². The monoisotopic (exact) mass is 340 g/mol. The van der Waals surface area contributed by atoms with Crippen LogP contribution in [0.15, 0.2) is 53.1 Å². The summed E-state index contributed by atoms with van der Waals surface area (Å²) in [6.07, 6.45) is 2.72. The van der Waals surface area contributed by atoms with Crippen LogP contribution in [0.5, 0.6) is 0 Å². The highest BCUT2D eigenvalue weighted by Gasteiger charge is 2.36. The molecule has 1 aliphatic heterocycles. The summed E-state index contributed by atoms with van der Waals surface area (Å²) >= 11 is 0. The van der Waals surface area contributed by atoms with Gasteiger partial charge in [-0.15, -0.1) is 0 Å². The van der Waals surface area contributed by atoms with Crippen molar-refractivity contribution in [3.05, 3.63) is 60.1 Å². The van der Waals surface area contributed by atoms with E-state index in [-0.39, 0.29) is 17.7 Å². The van der Waals surface area contributed by atoms with Gasteiger partial charge in [-0.1, -0.05) is 30.3 Å². The number of nitrogens with zero attached hydrogens (tertiary/aromatic N) is 2. The summed E-state index contributed by atoms with van der Waals surface area (Å²) in [7, 11) is 0. The van der Waals surface area contributed by atoms with Gasteiger partial charge in [0.1, 0.15) is 5.76 Å². The first-order chi connectivity index (χ1) is 12.2. The third-order valence-corrected chi connectivity index (χ3v) is 4.70. The molecule has 1 aromatic heterocycles. The topological polar surface area (TPSA) is 53.8 Å². The predicted octanol–water partition coefficient (Wildman–Crippen LogP) is 2.72. The Bertz CT molecular complexity index is 697. The van der Waals surface area contributed by atoms with Crippen LogP contribution in [0.25, 0.3) is 0 Å². The summed E-state index contributed by atoms with van der Waals surface area (Å²) < 4.78 is 5.31. The van der Waals surface area contributed by atoms with Gasteiger partial charge in [0.2, 0.25) is 11.8 Å². The average Bonchev–Trinajstić information content (AvgIpc) is 3.27. The minimum Gasteiger partial charge on any atom is -0.467 e. The molecular formula is C20H24N2O3. The Morgan fingerprint density at radius 2 is 2.04 bits per heavy atom. The van der Waals surface area contributed by atoms with Crippen LogP contribution in [0.2, 0.25) is 0 Å². The van der Waals surface area contributed by atoms with Gasteiger partial charge in [-0.2, -0.15) is 0 Å². The maximum atomic E-state index is 12.8. The van der Waals surface area contributed by atoms with Crippen molar-refractivity contribution in [3.8, 4) is 0 Å². The molecule has 1 unspecified atom stereocenters. The lowest BCUT2D eigenvalue weighted by Gasteiger charge is -2.24. The van der Waals surface area contributed by atoms with E-state index in [0.717, 1.165) is 12.2 Å². The molecule has 2 aromatic rings. The molecule has 1 aromatic carbocycles. The third kappa shape index (κ3) is 4.29. The van der Waals surface area contributed by atoms with Gasteiger partial charge in [0.05, 0.1) is 18.7 Å². The smallest absolute Gasteiger partial charge is 0.227 e. The van der Waals surface area contributed by atoms with Gasteiger partial charge in [0.25, 0.3) is 0 Å². The summed E-state index contributed by atoms with van der Waals surface area (Å²) in [6.45, 7) is 4.24. The van der Waals surface area contributed by atoms with E-state index in [1.807, 2.05) is 36.1 Å². The maximum absolute atomic E-state index is 12.8. The lowest BCUT2D eigenvalue weighted by atomic mass is 10.1. The second-order valence-corrected chi connectivity index (χ2v) is 6.41. The largest absolute Gasteiger partial charge is 0.467 e. The zero-order valence-electron chi connectivity index (χ0n) is 14.6. The molecule has 25 heavy (non-hydrogen) atoms. The van der Waals surface area contributed by atoms with Crippen LogP contribution in [-0.2, 0) is 22.6 Å².